The zero-order chi connectivity index (χ0) is 9.26. The van der Waals surface area contributed by atoms with Gasteiger partial charge in [0.2, 0.25) is 0 Å². The molecular weight excluding hydrogens is 277 g/mol. The summed E-state index contributed by atoms with van der Waals surface area (Å²) in [5.74, 6) is 0. The monoisotopic (exact) mass is 285 g/mol. The van der Waals surface area contributed by atoms with Gasteiger partial charge >= 0.3 is 0 Å². The fraction of sp³-hybridized carbons (Fsp3) is 0. The van der Waals surface area contributed by atoms with Crippen LogP contribution in [0.2, 0.25) is 0 Å². The first-order valence-corrected chi connectivity index (χ1v) is 4.90. The van der Waals surface area contributed by atoms with Crippen molar-refractivity contribution in [1.29, 1.82) is 0 Å². The minimum absolute atomic E-state index is 0.738. The van der Waals surface area contributed by atoms with Crippen molar-refractivity contribution < 1.29 is 0 Å². The van der Waals surface area contributed by atoms with Crippen molar-refractivity contribution >= 4 is 28.3 Å². The summed E-state index contributed by atoms with van der Waals surface area (Å²) in [5, 5.41) is 4.18. The quantitative estimate of drug-likeness (QED) is 0.644. The smallest absolute Gasteiger partial charge is 0.0875 e. The molecule has 0 amide bonds. The Morgan fingerprint density at radius 1 is 1.31 bits per heavy atom. The summed E-state index contributed by atoms with van der Waals surface area (Å²) in [4.78, 5) is 0. The van der Waals surface area contributed by atoms with Crippen LogP contribution in [-0.4, -0.2) is 9.78 Å². The van der Waals surface area contributed by atoms with Gasteiger partial charge < -0.3 is 5.73 Å². The minimum Gasteiger partial charge on any atom is -0.397 e. The van der Waals surface area contributed by atoms with Crippen molar-refractivity contribution in [3.63, 3.8) is 0 Å². The highest BCUT2D eigenvalue weighted by molar-refractivity contribution is 14.1. The molecule has 0 fully saturated rings. The molecule has 0 aliphatic rings. The van der Waals surface area contributed by atoms with Gasteiger partial charge in [-0.3, -0.25) is 0 Å². The van der Waals surface area contributed by atoms with E-state index in [2.05, 4.69) is 27.7 Å². The molecule has 0 bridgehead atoms. The largest absolute Gasteiger partial charge is 0.397 e. The maximum absolute atomic E-state index is 5.80. The van der Waals surface area contributed by atoms with E-state index in [9.17, 15) is 0 Å². The maximum atomic E-state index is 5.80. The molecule has 3 nitrogen and oxygen atoms in total. The zero-order valence-electron chi connectivity index (χ0n) is 6.81. The average molecular weight is 285 g/mol. The summed E-state index contributed by atoms with van der Waals surface area (Å²) < 4.78 is 2.87. The number of aromatic nitrogens is 2. The molecule has 0 unspecified atom stereocenters. The fourth-order valence-corrected chi connectivity index (χ4v) is 1.52. The summed E-state index contributed by atoms with van der Waals surface area (Å²) in [5.41, 5.74) is 7.46. The van der Waals surface area contributed by atoms with E-state index >= 15 is 0 Å². The number of nitrogens with two attached hydrogens (primary N) is 1. The molecule has 66 valence electrons. The van der Waals surface area contributed by atoms with Gasteiger partial charge in [-0.2, -0.15) is 5.10 Å². The van der Waals surface area contributed by atoms with Gasteiger partial charge in [0.05, 0.1) is 21.1 Å². The Labute approximate surface area is 89.7 Å². The molecule has 2 rings (SSSR count). The molecule has 1 aromatic carbocycles. The Morgan fingerprint density at radius 3 is 2.69 bits per heavy atom. The molecule has 4 heteroatoms. The van der Waals surface area contributed by atoms with E-state index in [0.29, 0.717) is 0 Å². The Balaban J connectivity index is 2.52. The molecule has 0 atom stereocenters. The molecule has 2 N–H and O–H groups in total. The molecule has 0 aliphatic heterocycles. The number of para-hydroxylation sites is 2. The number of anilines is 1. The number of hydrogen-bond acceptors (Lipinski definition) is 2. The first-order valence-electron chi connectivity index (χ1n) is 3.82. The third-order valence-electron chi connectivity index (χ3n) is 1.73. The summed E-state index contributed by atoms with van der Waals surface area (Å²) in [6.45, 7) is 0. The molecular formula is C9H8IN3. The third-order valence-corrected chi connectivity index (χ3v) is 2.29. The number of benzene rings is 1. The van der Waals surface area contributed by atoms with E-state index in [-0.39, 0.29) is 0 Å². The van der Waals surface area contributed by atoms with Gasteiger partial charge in [-0.25, -0.2) is 4.68 Å². The molecule has 0 aliphatic carbocycles. The lowest BCUT2D eigenvalue weighted by molar-refractivity contribution is 0.883. The van der Waals surface area contributed by atoms with Crippen LogP contribution in [-0.2, 0) is 0 Å². The number of nitrogen functional groups attached to an aromatic ring is 1. The Bertz CT molecular complexity index is 422. The van der Waals surface area contributed by atoms with Crippen molar-refractivity contribution in [1.82, 2.24) is 9.78 Å². The number of halogens is 1. The van der Waals surface area contributed by atoms with Crippen LogP contribution in [0.5, 0.6) is 0 Å². The summed E-state index contributed by atoms with van der Waals surface area (Å²) in [7, 11) is 0. The molecule has 1 heterocycles. The molecule has 0 radical (unpaired) electrons. The topological polar surface area (TPSA) is 43.8 Å². The first-order chi connectivity index (χ1) is 6.27. The van der Waals surface area contributed by atoms with E-state index in [0.717, 1.165) is 14.9 Å². The van der Waals surface area contributed by atoms with Gasteiger partial charge in [0, 0.05) is 6.20 Å². The van der Waals surface area contributed by atoms with Crippen molar-refractivity contribution in [2.45, 2.75) is 0 Å². The highest BCUT2D eigenvalue weighted by Crippen LogP contribution is 2.16. The molecule has 13 heavy (non-hydrogen) atoms. The SMILES string of the molecule is Nc1ccccc1-n1cc(I)cn1. The molecule has 2 aromatic rings. The normalized spacial score (nSPS) is 10.2. The Kier molecular flexibility index (Phi) is 2.22. The minimum atomic E-state index is 0.738. The number of hydrogen-bond donors (Lipinski definition) is 1. The fourth-order valence-electron chi connectivity index (χ4n) is 1.13. The second-order valence-corrected chi connectivity index (χ2v) is 3.91. The molecule has 0 saturated heterocycles. The standard InChI is InChI=1S/C9H8IN3/c10-7-5-12-13(6-7)9-4-2-1-3-8(9)11/h1-6H,11H2. The lowest BCUT2D eigenvalue weighted by Gasteiger charge is -2.03. The van der Waals surface area contributed by atoms with Crippen LogP contribution < -0.4 is 5.73 Å². The third kappa shape index (κ3) is 1.67. The van der Waals surface area contributed by atoms with E-state index in [4.69, 9.17) is 5.73 Å². The van der Waals surface area contributed by atoms with E-state index < -0.39 is 0 Å². The predicted octanol–water partition coefficient (Wildman–Crippen LogP) is 2.06. The van der Waals surface area contributed by atoms with Crippen molar-refractivity contribution in [3.05, 3.63) is 40.2 Å². The number of nitrogens with zero attached hydrogens (tertiary/aromatic N) is 2. The van der Waals surface area contributed by atoms with Crippen LogP contribution in [0.4, 0.5) is 5.69 Å². The van der Waals surface area contributed by atoms with Crippen molar-refractivity contribution in [2.24, 2.45) is 0 Å². The molecule has 0 spiro atoms. The zero-order valence-corrected chi connectivity index (χ0v) is 8.97. The average Bonchev–Trinajstić information content (AvgIpc) is 2.53. The van der Waals surface area contributed by atoms with Crippen LogP contribution in [0.1, 0.15) is 0 Å². The van der Waals surface area contributed by atoms with Crippen molar-refractivity contribution in [2.75, 3.05) is 5.73 Å². The van der Waals surface area contributed by atoms with E-state index in [1.165, 1.54) is 0 Å². The van der Waals surface area contributed by atoms with Gasteiger partial charge in [-0.1, -0.05) is 12.1 Å². The van der Waals surface area contributed by atoms with Gasteiger partial charge in [0.1, 0.15) is 0 Å². The van der Waals surface area contributed by atoms with Crippen LogP contribution in [0.3, 0.4) is 0 Å². The van der Waals surface area contributed by atoms with Gasteiger partial charge in [-0.15, -0.1) is 0 Å². The van der Waals surface area contributed by atoms with Gasteiger partial charge in [0.15, 0.2) is 0 Å². The van der Waals surface area contributed by atoms with Crippen LogP contribution in [0.15, 0.2) is 36.7 Å². The lowest BCUT2D eigenvalue weighted by Crippen LogP contribution is -1.99. The van der Waals surface area contributed by atoms with Gasteiger partial charge in [-0.05, 0) is 34.7 Å². The molecule has 1 aromatic heterocycles. The Hall–Kier alpha value is -1.04. The Morgan fingerprint density at radius 2 is 2.08 bits per heavy atom. The summed E-state index contributed by atoms with van der Waals surface area (Å²) in [6, 6.07) is 7.66. The summed E-state index contributed by atoms with van der Waals surface area (Å²) in [6.07, 6.45) is 3.74. The maximum Gasteiger partial charge on any atom is 0.0875 e. The second-order valence-electron chi connectivity index (χ2n) is 2.66. The predicted molar refractivity (Wildman–Crippen MR) is 60.7 cm³/mol. The second kappa shape index (κ2) is 3.37. The molecule has 0 saturated carbocycles. The summed E-state index contributed by atoms with van der Waals surface area (Å²) >= 11 is 2.21. The van der Waals surface area contributed by atoms with Crippen LogP contribution in [0.25, 0.3) is 5.69 Å². The lowest BCUT2D eigenvalue weighted by atomic mass is 10.3. The highest BCUT2D eigenvalue weighted by Gasteiger charge is 2.01. The van der Waals surface area contributed by atoms with Crippen LogP contribution in [0, 0.1) is 3.57 Å². The van der Waals surface area contributed by atoms with E-state index in [1.807, 2.05) is 30.5 Å². The first kappa shape index (κ1) is 8.55. The van der Waals surface area contributed by atoms with Crippen LogP contribution >= 0.6 is 22.6 Å². The van der Waals surface area contributed by atoms with Gasteiger partial charge in [0.25, 0.3) is 0 Å². The highest BCUT2D eigenvalue weighted by atomic mass is 127. The van der Waals surface area contributed by atoms with E-state index in [1.54, 1.807) is 10.9 Å². The number of rotatable bonds is 1. The van der Waals surface area contributed by atoms with Crippen molar-refractivity contribution in [3.8, 4) is 5.69 Å².